The quantitative estimate of drug-likeness (QED) is 0.291. The molecule has 0 bridgehead atoms. The molecule has 2 aromatic rings. The number of hydrogen-bond acceptors (Lipinski definition) is 6. The molecule has 0 saturated carbocycles. The minimum Gasteiger partial charge on any atom is -0.454 e. The fraction of sp³-hybridized carbons (Fsp3) is 0.400. The molecule has 2 heterocycles. The second-order valence-electron chi connectivity index (χ2n) is 6.95. The zero-order valence-electron chi connectivity index (χ0n) is 16.1. The van der Waals surface area contributed by atoms with Crippen LogP contribution >= 0.6 is 11.6 Å². The van der Waals surface area contributed by atoms with Crippen molar-refractivity contribution < 1.29 is 24.0 Å². The van der Waals surface area contributed by atoms with Crippen molar-refractivity contribution in [3.05, 3.63) is 61.9 Å². The van der Waals surface area contributed by atoms with Gasteiger partial charge in [-0.3, -0.25) is 14.9 Å². The summed E-state index contributed by atoms with van der Waals surface area (Å²) < 4.78 is 12.8. The van der Waals surface area contributed by atoms with Gasteiger partial charge >= 0.3 is 5.97 Å². The summed E-state index contributed by atoms with van der Waals surface area (Å²) in [6, 6.07) is 5.21. The van der Waals surface area contributed by atoms with Crippen LogP contribution in [0, 0.1) is 24.0 Å². The number of benzene rings is 1. The summed E-state index contributed by atoms with van der Waals surface area (Å²) in [5.41, 5.74) is 1.96. The number of aryl methyl sites for hydroxylation is 1. The molecule has 154 valence electrons. The van der Waals surface area contributed by atoms with Gasteiger partial charge in [0.05, 0.1) is 21.6 Å². The number of carbonyl (C=O) groups excluding carboxylic acids is 2. The minimum absolute atomic E-state index is 0.0334. The third kappa shape index (κ3) is 4.65. The Bertz CT molecular complexity index is 962. The Kier molecular flexibility index (Phi) is 6.34. The Morgan fingerprint density at radius 1 is 1.31 bits per heavy atom. The van der Waals surface area contributed by atoms with Crippen LogP contribution in [0.15, 0.2) is 24.3 Å². The maximum Gasteiger partial charge on any atom is 0.340 e. The van der Waals surface area contributed by atoms with E-state index in [2.05, 4.69) is 0 Å². The molecule has 0 spiro atoms. The third-order valence-corrected chi connectivity index (χ3v) is 5.31. The highest BCUT2D eigenvalue weighted by Gasteiger charge is 2.22. The lowest BCUT2D eigenvalue weighted by Gasteiger charge is -2.14. The number of non-ortho nitro benzene ring substituents is 1. The zero-order valence-corrected chi connectivity index (χ0v) is 16.9. The molecule has 1 aromatic carbocycles. The summed E-state index contributed by atoms with van der Waals surface area (Å²) in [4.78, 5) is 34.9. The van der Waals surface area contributed by atoms with E-state index in [0.717, 1.165) is 43.0 Å². The molecular weight excluding hydrogens is 400 g/mol. The van der Waals surface area contributed by atoms with Gasteiger partial charge in [0.2, 0.25) is 5.78 Å². The summed E-state index contributed by atoms with van der Waals surface area (Å²) in [6.45, 7) is 4.77. The zero-order chi connectivity index (χ0) is 21.1. The molecule has 1 aromatic heterocycles. The van der Waals surface area contributed by atoms with Crippen LogP contribution in [0.3, 0.4) is 0 Å². The van der Waals surface area contributed by atoms with E-state index in [-0.39, 0.29) is 28.2 Å². The Morgan fingerprint density at radius 3 is 2.69 bits per heavy atom. The molecule has 1 unspecified atom stereocenters. The Morgan fingerprint density at radius 2 is 2.07 bits per heavy atom. The standard InChI is InChI=1S/C20H21ClN2O6/c1-12-8-17(13(2)22(12)10-15-4-3-7-28-15)19(24)11-29-20(25)16-6-5-14(23(26)27)9-18(16)21/h5-6,8-9,15H,3-4,7,10-11H2,1-2H3. The van der Waals surface area contributed by atoms with E-state index in [4.69, 9.17) is 21.1 Å². The number of esters is 1. The van der Waals surface area contributed by atoms with E-state index in [0.29, 0.717) is 12.1 Å². The number of halogens is 1. The topological polar surface area (TPSA) is 101 Å². The van der Waals surface area contributed by atoms with E-state index in [1.807, 2.05) is 18.4 Å². The number of ether oxygens (including phenoxy) is 2. The number of nitro benzene ring substituents is 1. The molecule has 8 nitrogen and oxygen atoms in total. The highest BCUT2D eigenvalue weighted by molar-refractivity contribution is 6.33. The van der Waals surface area contributed by atoms with Crippen LogP contribution in [0.2, 0.25) is 5.02 Å². The molecular formula is C20H21ClN2O6. The van der Waals surface area contributed by atoms with Crippen molar-refractivity contribution in [2.45, 2.75) is 39.3 Å². The Labute approximate surface area is 172 Å². The van der Waals surface area contributed by atoms with Crippen LogP contribution < -0.4 is 0 Å². The van der Waals surface area contributed by atoms with Gasteiger partial charge in [-0.05, 0) is 38.8 Å². The first-order valence-corrected chi connectivity index (χ1v) is 9.58. The van der Waals surface area contributed by atoms with E-state index in [1.54, 1.807) is 6.07 Å². The first kappa shape index (κ1) is 21.0. The molecule has 1 aliphatic rings. The molecule has 0 aliphatic carbocycles. The molecule has 1 atom stereocenters. The van der Waals surface area contributed by atoms with Crippen molar-refractivity contribution >= 4 is 29.0 Å². The number of rotatable bonds is 7. The van der Waals surface area contributed by atoms with Crippen molar-refractivity contribution in [1.82, 2.24) is 4.57 Å². The molecule has 9 heteroatoms. The number of nitro groups is 1. The maximum absolute atomic E-state index is 12.6. The molecule has 29 heavy (non-hydrogen) atoms. The monoisotopic (exact) mass is 420 g/mol. The van der Waals surface area contributed by atoms with E-state index < -0.39 is 17.5 Å². The van der Waals surface area contributed by atoms with Crippen molar-refractivity contribution in [2.75, 3.05) is 13.2 Å². The van der Waals surface area contributed by atoms with Gasteiger partial charge in [0.1, 0.15) is 0 Å². The smallest absolute Gasteiger partial charge is 0.340 e. The third-order valence-electron chi connectivity index (χ3n) is 5.00. The van der Waals surface area contributed by atoms with E-state index in [1.165, 1.54) is 6.07 Å². The van der Waals surface area contributed by atoms with Crippen LogP contribution in [-0.2, 0) is 16.0 Å². The lowest BCUT2D eigenvalue weighted by molar-refractivity contribution is -0.384. The molecule has 0 N–H and O–H groups in total. The van der Waals surface area contributed by atoms with E-state index >= 15 is 0 Å². The largest absolute Gasteiger partial charge is 0.454 e. The molecule has 0 amide bonds. The highest BCUT2D eigenvalue weighted by atomic mass is 35.5. The molecule has 1 saturated heterocycles. The molecule has 1 aliphatic heterocycles. The molecule has 3 rings (SSSR count). The lowest BCUT2D eigenvalue weighted by atomic mass is 10.1. The molecule has 0 radical (unpaired) electrons. The Balaban J connectivity index is 1.66. The number of hydrogen-bond donors (Lipinski definition) is 0. The van der Waals surface area contributed by atoms with Gasteiger partial charge in [-0.1, -0.05) is 11.6 Å². The van der Waals surface area contributed by atoms with Crippen LogP contribution in [-0.4, -0.2) is 40.6 Å². The number of Topliss-reactive ketones (excluding diaryl/α,β-unsaturated/α-hetero) is 1. The SMILES string of the molecule is Cc1cc(C(=O)COC(=O)c2ccc([N+](=O)[O-])cc2Cl)c(C)n1CC1CCCO1. The fourth-order valence-corrected chi connectivity index (χ4v) is 3.68. The maximum atomic E-state index is 12.6. The van der Waals surface area contributed by atoms with Crippen LogP contribution in [0.1, 0.15) is 44.9 Å². The van der Waals surface area contributed by atoms with Gasteiger partial charge in [-0.2, -0.15) is 0 Å². The van der Waals surface area contributed by atoms with Crippen LogP contribution in [0.5, 0.6) is 0 Å². The number of ketones is 1. The van der Waals surface area contributed by atoms with Gasteiger partial charge in [-0.15, -0.1) is 0 Å². The van der Waals surface area contributed by atoms with Crippen LogP contribution in [0.25, 0.3) is 0 Å². The summed E-state index contributed by atoms with van der Waals surface area (Å²) in [6.07, 6.45) is 2.18. The first-order chi connectivity index (χ1) is 13.8. The second kappa shape index (κ2) is 8.75. The number of carbonyl (C=O) groups is 2. The fourth-order valence-electron chi connectivity index (χ4n) is 3.43. The van der Waals surface area contributed by atoms with Crippen molar-refractivity contribution in [1.29, 1.82) is 0 Å². The average molecular weight is 421 g/mol. The Hall–Kier alpha value is -2.71. The number of nitrogens with zero attached hydrogens (tertiary/aromatic N) is 2. The van der Waals surface area contributed by atoms with Crippen LogP contribution in [0.4, 0.5) is 5.69 Å². The predicted molar refractivity (Wildman–Crippen MR) is 106 cm³/mol. The number of aromatic nitrogens is 1. The van der Waals surface area contributed by atoms with Crippen molar-refractivity contribution in [3.63, 3.8) is 0 Å². The van der Waals surface area contributed by atoms with Gasteiger partial charge in [0.25, 0.3) is 5.69 Å². The second-order valence-corrected chi connectivity index (χ2v) is 7.36. The molecule has 1 fully saturated rings. The summed E-state index contributed by atoms with van der Waals surface area (Å²) in [5.74, 6) is -1.14. The van der Waals surface area contributed by atoms with Crippen molar-refractivity contribution in [3.8, 4) is 0 Å². The first-order valence-electron chi connectivity index (χ1n) is 9.20. The predicted octanol–water partition coefficient (Wildman–Crippen LogP) is 3.89. The van der Waals surface area contributed by atoms with Gasteiger partial charge < -0.3 is 14.0 Å². The average Bonchev–Trinajstić information content (AvgIpc) is 3.29. The normalized spacial score (nSPS) is 16.0. The summed E-state index contributed by atoms with van der Waals surface area (Å²) in [7, 11) is 0. The lowest BCUT2D eigenvalue weighted by Crippen LogP contribution is -2.18. The van der Waals surface area contributed by atoms with Gasteiger partial charge in [0.15, 0.2) is 6.61 Å². The summed E-state index contributed by atoms with van der Waals surface area (Å²) in [5, 5.41) is 10.6. The van der Waals surface area contributed by atoms with Gasteiger partial charge in [0, 0.05) is 42.2 Å². The minimum atomic E-state index is -0.814. The van der Waals surface area contributed by atoms with E-state index in [9.17, 15) is 19.7 Å². The highest BCUT2D eigenvalue weighted by Crippen LogP contribution is 2.24. The van der Waals surface area contributed by atoms with Crippen molar-refractivity contribution in [2.24, 2.45) is 0 Å². The summed E-state index contributed by atoms with van der Waals surface area (Å²) >= 11 is 5.93. The van der Waals surface area contributed by atoms with Gasteiger partial charge in [-0.25, -0.2) is 4.79 Å².